The van der Waals surface area contributed by atoms with E-state index in [1.165, 1.54) is 0 Å². The highest BCUT2D eigenvalue weighted by Crippen LogP contribution is 2.16. The zero-order valence-corrected chi connectivity index (χ0v) is 12.8. The van der Waals surface area contributed by atoms with Crippen molar-refractivity contribution < 1.29 is 4.74 Å². The number of nitrogens with one attached hydrogen (secondary N) is 1. The van der Waals surface area contributed by atoms with Gasteiger partial charge in [-0.1, -0.05) is 12.1 Å². The lowest BCUT2D eigenvalue weighted by Gasteiger charge is -2.35. The number of hydrogen-bond donors (Lipinski definition) is 1. The van der Waals surface area contributed by atoms with E-state index in [-0.39, 0.29) is 17.6 Å². The quantitative estimate of drug-likeness (QED) is 0.922. The summed E-state index contributed by atoms with van der Waals surface area (Å²) < 4.78 is 5.76. The van der Waals surface area contributed by atoms with Gasteiger partial charge in [0.05, 0.1) is 12.2 Å². The zero-order chi connectivity index (χ0) is 15.0. The van der Waals surface area contributed by atoms with Crippen molar-refractivity contribution in [3.05, 3.63) is 45.7 Å². The van der Waals surface area contributed by atoms with Crippen LogP contribution < -0.4 is 5.43 Å². The number of nitrogens with zero attached hydrogens (tertiary/aromatic N) is 1. The predicted octanol–water partition coefficient (Wildman–Crippen LogP) is 2.45. The van der Waals surface area contributed by atoms with E-state index >= 15 is 0 Å². The fourth-order valence-electron chi connectivity index (χ4n) is 3.23. The third-order valence-corrected chi connectivity index (χ3v) is 4.10. The van der Waals surface area contributed by atoms with Gasteiger partial charge in [-0.3, -0.25) is 9.69 Å². The lowest BCUT2D eigenvalue weighted by atomic mass is 10.1. The normalized spacial score (nSPS) is 23.6. The highest BCUT2D eigenvalue weighted by molar-refractivity contribution is 5.79. The van der Waals surface area contributed by atoms with Crippen LogP contribution in [0, 0.1) is 6.92 Å². The van der Waals surface area contributed by atoms with Gasteiger partial charge >= 0.3 is 0 Å². The molecule has 2 aromatic rings. The van der Waals surface area contributed by atoms with E-state index in [0.717, 1.165) is 35.2 Å². The molecular weight excluding hydrogens is 264 g/mol. The number of aromatic amines is 1. The number of ether oxygens (including phenoxy) is 1. The zero-order valence-electron chi connectivity index (χ0n) is 12.8. The van der Waals surface area contributed by atoms with Gasteiger partial charge in [0.1, 0.15) is 0 Å². The SMILES string of the molecule is Cc1[nH]c2ccccc2c(=O)c1CN1C[C@@H](C)O[C@@H](C)C1. The maximum atomic E-state index is 12.7. The lowest BCUT2D eigenvalue weighted by molar-refractivity contribution is -0.0706. The second-order valence-electron chi connectivity index (χ2n) is 6.05. The Morgan fingerprint density at radius 3 is 2.62 bits per heavy atom. The second-order valence-corrected chi connectivity index (χ2v) is 6.05. The summed E-state index contributed by atoms with van der Waals surface area (Å²) >= 11 is 0. The Balaban J connectivity index is 1.95. The molecule has 0 bridgehead atoms. The van der Waals surface area contributed by atoms with Crippen LogP contribution in [0.5, 0.6) is 0 Å². The predicted molar refractivity (Wildman–Crippen MR) is 84.6 cm³/mol. The summed E-state index contributed by atoms with van der Waals surface area (Å²) in [7, 11) is 0. The molecule has 1 aliphatic rings. The molecule has 1 aromatic carbocycles. The molecule has 0 saturated carbocycles. The van der Waals surface area contributed by atoms with Gasteiger partial charge in [0.15, 0.2) is 5.43 Å². The maximum absolute atomic E-state index is 12.7. The molecule has 0 spiro atoms. The first-order valence-corrected chi connectivity index (χ1v) is 7.53. The first-order chi connectivity index (χ1) is 10.0. The van der Waals surface area contributed by atoms with Crippen molar-refractivity contribution >= 4 is 10.9 Å². The topological polar surface area (TPSA) is 45.3 Å². The fraction of sp³-hybridized carbons (Fsp3) is 0.471. The van der Waals surface area contributed by atoms with E-state index in [0.29, 0.717) is 6.54 Å². The van der Waals surface area contributed by atoms with E-state index < -0.39 is 0 Å². The molecule has 1 N–H and O–H groups in total. The minimum atomic E-state index is 0.147. The molecule has 4 nitrogen and oxygen atoms in total. The average Bonchev–Trinajstić information content (AvgIpc) is 2.42. The van der Waals surface area contributed by atoms with E-state index in [4.69, 9.17) is 4.74 Å². The van der Waals surface area contributed by atoms with Crippen molar-refractivity contribution in [1.82, 2.24) is 9.88 Å². The fourth-order valence-corrected chi connectivity index (χ4v) is 3.23. The van der Waals surface area contributed by atoms with Crippen LogP contribution in [0.15, 0.2) is 29.1 Å². The van der Waals surface area contributed by atoms with Gasteiger partial charge in [-0.05, 0) is 32.9 Å². The first kappa shape index (κ1) is 14.3. The van der Waals surface area contributed by atoms with Crippen molar-refractivity contribution in [2.45, 2.75) is 39.5 Å². The van der Waals surface area contributed by atoms with Crippen molar-refractivity contribution in [1.29, 1.82) is 0 Å². The number of fused-ring (bicyclic) bond motifs is 1. The Morgan fingerprint density at radius 1 is 1.24 bits per heavy atom. The molecule has 2 atom stereocenters. The van der Waals surface area contributed by atoms with Crippen molar-refractivity contribution in [2.75, 3.05) is 13.1 Å². The van der Waals surface area contributed by atoms with Gasteiger partial charge in [-0.2, -0.15) is 0 Å². The summed E-state index contributed by atoms with van der Waals surface area (Å²) in [6, 6.07) is 7.70. The van der Waals surface area contributed by atoms with E-state index in [1.807, 2.05) is 31.2 Å². The molecule has 21 heavy (non-hydrogen) atoms. The van der Waals surface area contributed by atoms with Crippen LogP contribution in [0.25, 0.3) is 10.9 Å². The molecule has 4 heteroatoms. The summed E-state index contributed by atoms with van der Waals surface area (Å²) in [6.07, 6.45) is 0.433. The molecule has 2 heterocycles. The number of aryl methyl sites for hydroxylation is 1. The molecule has 1 saturated heterocycles. The molecule has 1 fully saturated rings. The third-order valence-electron chi connectivity index (χ3n) is 4.10. The highest BCUT2D eigenvalue weighted by atomic mass is 16.5. The van der Waals surface area contributed by atoms with Crippen molar-refractivity contribution in [2.24, 2.45) is 0 Å². The van der Waals surface area contributed by atoms with Gasteiger partial charge in [-0.15, -0.1) is 0 Å². The van der Waals surface area contributed by atoms with Gasteiger partial charge in [0, 0.05) is 41.8 Å². The summed E-state index contributed by atoms with van der Waals surface area (Å²) in [5.41, 5.74) is 2.89. The Hall–Kier alpha value is -1.65. The molecule has 0 aliphatic carbocycles. The third kappa shape index (κ3) is 2.87. The molecule has 0 amide bonds. The monoisotopic (exact) mass is 286 g/mol. The molecule has 1 aromatic heterocycles. The number of para-hydroxylation sites is 1. The Bertz CT molecular complexity index is 697. The van der Waals surface area contributed by atoms with Gasteiger partial charge in [0.25, 0.3) is 0 Å². The summed E-state index contributed by atoms with van der Waals surface area (Å²) in [6.45, 7) is 8.58. The molecular formula is C17H22N2O2. The largest absolute Gasteiger partial charge is 0.373 e. The van der Waals surface area contributed by atoms with E-state index in [2.05, 4.69) is 23.7 Å². The van der Waals surface area contributed by atoms with Crippen LogP contribution in [-0.2, 0) is 11.3 Å². The Morgan fingerprint density at radius 2 is 1.90 bits per heavy atom. The molecule has 1 aliphatic heterocycles. The molecule has 0 unspecified atom stereocenters. The smallest absolute Gasteiger partial charge is 0.194 e. The van der Waals surface area contributed by atoms with Crippen molar-refractivity contribution in [3.8, 4) is 0 Å². The minimum Gasteiger partial charge on any atom is -0.373 e. The number of H-pyrrole nitrogens is 1. The second kappa shape index (κ2) is 5.62. The summed E-state index contributed by atoms with van der Waals surface area (Å²) in [5, 5.41) is 0.771. The van der Waals surface area contributed by atoms with Crippen LogP contribution in [0.1, 0.15) is 25.1 Å². The van der Waals surface area contributed by atoms with Gasteiger partial charge in [-0.25, -0.2) is 0 Å². The summed E-state index contributed by atoms with van der Waals surface area (Å²) in [5.74, 6) is 0. The van der Waals surface area contributed by atoms with E-state index in [1.54, 1.807) is 0 Å². The van der Waals surface area contributed by atoms with Crippen LogP contribution in [0.3, 0.4) is 0 Å². The number of rotatable bonds is 2. The molecule has 112 valence electrons. The van der Waals surface area contributed by atoms with E-state index in [9.17, 15) is 4.79 Å². The molecule has 0 radical (unpaired) electrons. The number of pyridine rings is 1. The van der Waals surface area contributed by atoms with Gasteiger partial charge < -0.3 is 9.72 Å². The number of aromatic nitrogens is 1. The first-order valence-electron chi connectivity index (χ1n) is 7.53. The maximum Gasteiger partial charge on any atom is 0.194 e. The summed E-state index contributed by atoms with van der Waals surface area (Å²) in [4.78, 5) is 18.4. The van der Waals surface area contributed by atoms with Gasteiger partial charge in [0.2, 0.25) is 0 Å². The van der Waals surface area contributed by atoms with Crippen LogP contribution in [0.2, 0.25) is 0 Å². The van der Waals surface area contributed by atoms with Crippen LogP contribution >= 0.6 is 0 Å². The van der Waals surface area contributed by atoms with Crippen LogP contribution in [0.4, 0.5) is 0 Å². The molecule has 3 rings (SSSR count). The number of morpholine rings is 1. The standard InChI is InChI=1S/C17H22N2O2/c1-11-8-19(9-12(2)21-11)10-15-13(3)18-16-7-5-4-6-14(16)17(15)20/h4-7,11-12H,8-10H2,1-3H3,(H,18,20)/t11-,12+. The highest BCUT2D eigenvalue weighted by Gasteiger charge is 2.23. The number of benzene rings is 1. The van der Waals surface area contributed by atoms with Crippen molar-refractivity contribution in [3.63, 3.8) is 0 Å². The lowest BCUT2D eigenvalue weighted by Crippen LogP contribution is -2.45. The average molecular weight is 286 g/mol. The number of hydrogen-bond acceptors (Lipinski definition) is 3. The Kier molecular flexibility index (Phi) is 3.83. The Labute approximate surface area is 124 Å². The minimum absolute atomic E-state index is 0.147. The van der Waals surface area contributed by atoms with Crippen LogP contribution in [-0.4, -0.2) is 35.2 Å².